The molecule has 0 aromatic carbocycles. The third-order valence-electron chi connectivity index (χ3n) is 1.92. The van der Waals surface area contributed by atoms with Gasteiger partial charge < -0.3 is 4.74 Å². The predicted molar refractivity (Wildman–Crippen MR) is 58.4 cm³/mol. The zero-order valence-electron chi connectivity index (χ0n) is 8.00. The zero-order valence-corrected chi connectivity index (χ0v) is 9.58. The maximum absolute atomic E-state index is 13.4. The van der Waals surface area contributed by atoms with Gasteiger partial charge in [0.05, 0.1) is 19.0 Å². The Kier molecular flexibility index (Phi) is 2.81. The molecule has 0 radical (unpaired) electrons. The average molecular weight is 271 g/mol. The first-order chi connectivity index (χ1) is 7.22. The third-order valence-corrected chi connectivity index (χ3v) is 2.50. The van der Waals surface area contributed by atoms with Gasteiger partial charge in [-0.15, -0.1) is 0 Å². The number of halogens is 2. The minimum Gasteiger partial charge on any atom is -0.492 e. The number of pyridine rings is 2. The Bertz CT molecular complexity index is 504. The molecule has 0 saturated carbocycles. The van der Waals surface area contributed by atoms with E-state index in [9.17, 15) is 4.39 Å². The van der Waals surface area contributed by atoms with E-state index in [0.29, 0.717) is 27.9 Å². The van der Waals surface area contributed by atoms with Crippen LogP contribution >= 0.6 is 15.9 Å². The predicted octanol–water partition coefficient (Wildman–Crippen LogP) is 2.93. The minimum atomic E-state index is -0.401. The fourth-order valence-corrected chi connectivity index (χ4v) is 1.70. The number of rotatable bonds is 2. The zero-order chi connectivity index (χ0) is 10.8. The summed E-state index contributed by atoms with van der Waals surface area (Å²) in [5, 5.41) is 0.405. The van der Waals surface area contributed by atoms with Crippen molar-refractivity contribution in [2.45, 2.75) is 6.92 Å². The van der Waals surface area contributed by atoms with E-state index in [1.165, 1.54) is 0 Å². The normalized spacial score (nSPS) is 10.6. The third kappa shape index (κ3) is 1.92. The fraction of sp³-hybridized carbons (Fsp3) is 0.200. The van der Waals surface area contributed by atoms with Gasteiger partial charge in [-0.3, -0.25) is 0 Å². The molecule has 0 fully saturated rings. The van der Waals surface area contributed by atoms with Crippen LogP contribution in [0.3, 0.4) is 0 Å². The van der Waals surface area contributed by atoms with Crippen LogP contribution in [-0.4, -0.2) is 16.6 Å². The van der Waals surface area contributed by atoms with E-state index < -0.39 is 5.82 Å². The number of hydrogen-bond donors (Lipinski definition) is 0. The standard InChI is InChI=1S/C10H8BrFN2O/c1-2-15-6-3-7-8(12)5-14-10(11)9(7)13-4-6/h3-5H,2H2,1H3. The molecule has 15 heavy (non-hydrogen) atoms. The summed E-state index contributed by atoms with van der Waals surface area (Å²) in [6, 6.07) is 1.62. The van der Waals surface area contributed by atoms with Crippen molar-refractivity contribution < 1.29 is 9.13 Å². The van der Waals surface area contributed by atoms with Crippen LogP contribution < -0.4 is 4.74 Å². The number of aromatic nitrogens is 2. The molecule has 0 amide bonds. The topological polar surface area (TPSA) is 35.0 Å². The molecule has 2 aromatic rings. The van der Waals surface area contributed by atoms with Gasteiger partial charge in [0.2, 0.25) is 0 Å². The first kappa shape index (κ1) is 10.3. The second-order valence-electron chi connectivity index (χ2n) is 2.90. The maximum atomic E-state index is 13.4. The minimum absolute atomic E-state index is 0.401. The quantitative estimate of drug-likeness (QED) is 0.788. The highest BCUT2D eigenvalue weighted by Gasteiger charge is 2.08. The number of nitrogens with zero attached hydrogens (tertiary/aromatic N) is 2. The molecular weight excluding hydrogens is 263 g/mol. The van der Waals surface area contributed by atoms with E-state index >= 15 is 0 Å². The molecule has 2 rings (SSSR count). The van der Waals surface area contributed by atoms with Gasteiger partial charge in [-0.2, -0.15) is 0 Å². The summed E-state index contributed by atoms with van der Waals surface area (Å²) >= 11 is 3.21. The van der Waals surface area contributed by atoms with Crippen LogP contribution in [-0.2, 0) is 0 Å². The van der Waals surface area contributed by atoms with Gasteiger partial charge in [-0.05, 0) is 28.9 Å². The Morgan fingerprint density at radius 1 is 1.40 bits per heavy atom. The summed E-state index contributed by atoms with van der Waals surface area (Å²) < 4.78 is 19.2. The number of fused-ring (bicyclic) bond motifs is 1. The first-order valence-corrected chi connectivity index (χ1v) is 5.24. The van der Waals surface area contributed by atoms with Crippen molar-refractivity contribution >= 4 is 26.8 Å². The summed E-state index contributed by atoms with van der Waals surface area (Å²) in [5.74, 6) is 0.157. The summed E-state index contributed by atoms with van der Waals surface area (Å²) in [6.45, 7) is 2.39. The molecule has 0 N–H and O–H groups in total. The van der Waals surface area contributed by atoms with Crippen molar-refractivity contribution in [3.63, 3.8) is 0 Å². The molecule has 0 atom stereocenters. The molecule has 0 aliphatic carbocycles. The van der Waals surface area contributed by atoms with Crippen molar-refractivity contribution in [3.05, 3.63) is 28.9 Å². The molecule has 78 valence electrons. The van der Waals surface area contributed by atoms with E-state index in [0.717, 1.165) is 6.20 Å². The van der Waals surface area contributed by atoms with Gasteiger partial charge >= 0.3 is 0 Å². The second kappa shape index (κ2) is 4.10. The van der Waals surface area contributed by atoms with Crippen molar-refractivity contribution in [2.75, 3.05) is 6.61 Å². The molecule has 2 aromatic heterocycles. The van der Waals surface area contributed by atoms with Gasteiger partial charge in [-0.25, -0.2) is 14.4 Å². The van der Waals surface area contributed by atoms with Crippen LogP contribution in [0.15, 0.2) is 23.1 Å². The van der Waals surface area contributed by atoms with Crippen LogP contribution in [0.5, 0.6) is 5.75 Å². The van der Waals surface area contributed by atoms with Crippen LogP contribution in [0.2, 0.25) is 0 Å². The molecule has 0 spiro atoms. The lowest BCUT2D eigenvalue weighted by Crippen LogP contribution is -1.94. The van der Waals surface area contributed by atoms with Gasteiger partial charge in [-0.1, -0.05) is 0 Å². The Hall–Kier alpha value is -1.23. The Morgan fingerprint density at radius 3 is 2.93 bits per heavy atom. The Balaban J connectivity index is 2.65. The van der Waals surface area contributed by atoms with Crippen LogP contribution in [0.4, 0.5) is 4.39 Å². The van der Waals surface area contributed by atoms with E-state index in [4.69, 9.17) is 4.74 Å². The lowest BCUT2D eigenvalue weighted by atomic mass is 10.2. The van der Waals surface area contributed by atoms with Crippen LogP contribution in [0.25, 0.3) is 10.9 Å². The Morgan fingerprint density at radius 2 is 2.20 bits per heavy atom. The van der Waals surface area contributed by atoms with Crippen LogP contribution in [0, 0.1) is 5.82 Å². The van der Waals surface area contributed by atoms with Gasteiger partial charge in [0.25, 0.3) is 0 Å². The molecule has 0 aliphatic heterocycles. The van der Waals surface area contributed by atoms with Gasteiger partial charge in [0.15, 0.2) is 5.82 Å². The van der Waals surface area contributed by atoms with E-state index in [-0.39, 0.29) is 0 Å². The van der Waals surface area contributed by atoms with Gasteiger partial charge in [0, 0.05) is 5.39 Å². The smallest absolute Gasteiger partial charge is 0.151 e. The summed E-state index contributed by atoms with van der Waals surface area (Å²) in [5.41, 5.74) is 0.499. The molecule has 2 heterocycles. The highest BCUT2D eigenvalue weighted by Crippen LogP contribution is 2.25. The summed E-state index contributed by atoms with van der Waals surface area (Å²) in [6.07, 6.45) is 2.71. The second-order valence-corrected chi connectivity index (χ2v) is 3.65. The molecule has 0 unspecified atom stereocenters. The molecule has 0 bridgehead atoms. The number of ether oxygens (including phenoxy) is 1. The van der Waals surface area contributed by atoms with E-state index in [1.807, 2.05) is 6.92 Å². The maximum Gasteiger partial charge on any atom is 0.151 e. The highest BCUT2D eigenvalue weighted by molar-refractivity contribution is 9.10. The lowest BCUT2D eigenvalue weighted by Gasteiger charge is -2.05. The fourth-order valence-electron chi connectivity index (χ4n) is 1.28. The first-order valence-electron chi connectivity index (χ1n) is 4.45. The SMILES string of the molecule is CCOc1cnc2c(Br)ncc(F)c2c1. The van der Waals surface area contributed by atoms with Crippen molar-refractivity contribution in [1.29, 1.82) is 0 Å². The average Bonchev–Trinajstić information content (AvgIpc) is 2.24. The Labute approximate surface area is 94.4 Å². The summed E-state index contributed by atoms with van der Waals surface area (Å²) in [7, 11) is 0. The molecule has 5 heteroatoms. The lowest BCUT2D eigenvalue weighted by molar-refractivity contribution is 0.339. The van der Waals surface area contributed by atoms with Gasteiger partial charge in [0.1, 0.15) is 15.9 Å². The largest absolute Gasteiger partial charge is 0.492 e. The van der Waals surface area contributed by atoms with E-state index in [1.54, 1.807) is 12.3 Å². The highest BCUT2D eigenvalue weighted by atomic mass is 79.9. The van der Waals surface area contributed by atoms with Crippen LogP contribution in [0.1, 0.15) is 6.92 Å². The monoisotopic (exact) mass is 270 g/mol. The van der Waals surface area contributed by atoms with E-state index in [2.05, 4.69) is 25.9 Å². The summed E-state index contributed by atoms with van der Waals surface area (Å²) in [4.78, 5) is 7.91. The van der Waals surface area contributed by atoms with Crippen molar-refractivity contribution in [3.8, 4) is 5.75 Å². The van der Waals surface area contributed by atoms with Crippen molar-refractivity contribution in [1.82, 2.24) is 9.97 Å². The molecule has 3 nitrogen and oxygen atoms in total. The number of hydrogen-bond acceptors (Lipinski definition) is 3. The van der Waals surface area contributed by atoms with Crippen molar-refractivity contribution in [2.24, 2.45) is 0 Å². The molecule has 0 aliphatic rings. The molecule has 0 saturated heterocycles. The molecular formula is C10H8BrFN2O.